The maximum absolute atomic E-state index is 11.0. The Labute approximate surface area is 173 Å². The molecule has 0 aromatic heterocycles. The van der Waals surface area contributed by atoms with Gasteiger partial charge in [0.1, 0.15) is 11.9 Å². The van der Waals surface area contributed by atoms with Crippen molar-refractivity contribution in [1.29, 1.82) is 0 Å². The van der Waals surface area contributed by atoms with Gasteiger partial charge in [0.15, 0.2) is 5.96 Å². The number of nitrogens with zero attached hydrogens (tertiary/aromatic N) is 1. The maximum Gasteiger partial charge on any atom is 0.305 e. The topological polar surface area (TPSA) is 72.0 Å². The number of hydrogen-bond donors (Lipinski definition) is 2. The van der Waals surface area contributed by atoms with Gasteiger partial charge in [0.05, 0.1) is 13.7 Å². The quantitative estimate of drug-likeness (QED) is 0.189. The normalized spacial score (nSPS) is 15.5. The van der Waals surface area contributed by atoms with E-state index >= 15 is 0 Å². The second-order valence-corrected chi connectivity index (χ2v) is 6.17. The molecule has 1 aromatic rings. The third-order valence-electron chi connectivity index (χ3n) is 4.26. The highest BCUT2D eigenvalue weighted by Gasteiger charge is 2.22. The number of unbranched alkanes of at least 4 members (excludes halogenated alkanes) is 3. The van der Waals surface area contributed by atoms with Gasteiger partial charge < -0.3 is 20.1 Å². The molecule has 0 spiro atoms. The van der Waals surface area contributed by atoms with Crippen LogP contribution in [0.5, 0.6) is 5.75 Å². The number of esters is 1. The Balaban J connectivity index is 0.00000338. The second-order valence-electron chi connectivity index (χ2n) is 6.17. The summed E-state index contributed by atoms with van der Waals surface area (Å²) in [5, 5.41) is 6.64. The zero-order valence-corrected chi connectivity index (χ0v) is 18.0. The van der Waals surface area contributed by atoms with Crippen molar-refractivity contribution in [3.63, 3.8) is 0 Å². The number of rotatable bonds is 9. The molecular weight excluding hydrogens is 445 g/mol. The van der Waals surface area contributed by atoms with Gasteiger partial charge in [0, 0.05) is 26.4 Å². The summed E-state index contributed by atoms with van der Waals surface area (Å²) in [4.78, 5) is 15.3. The van der Waals surface area contributed by atoms with Crippen LogP contribution in [0.3, 0.4) is 0 Å². The number of guanidine groups is 1. The van der Waals surface area contributed by atoms with E-state index in [2.05, 4.69) is 26.4 Å². The minimum Gasteiger partial charge on any atom is -0.488 e. The van der Waals surface area contributed by atoms with Crippen LogP contribution < -0.4 is 15.4 Å². The van der Waals surface area contributed by atoms with Gasteiger partial charge >= 0.3 is 5.97 Å². The van der Waals surface area contributed by atoms with E-state index in [1.54, 1.807) is 7.05 Å². The summed E-state index contributed by atoms with van der Waals surface area (Å²) >= 11 is 0. The van der Waals surface area contributed by atoms with Crippen LogP contribution in [0.2, 0.25) is 0 Å². The van der Waals surface area contributed by atoms with Gasteiger partial charge in [-0.15, -0.1) is 24.0 Å². The monoisotopic (exact) mass is 475 g/mol. The first-order valence-electron chi connectivity index (χ1n) is 8.99. The zero-order chi connectivity index (χ0) is 17.9. The minimum atomic E-state index is -0.126. The number of para-hydroxylation sites is 1. The van der Waals surface area contributed by atoms with Gasteiger partial charge in [-0.25, -0.2) is 0 Å². The predicted molar refractivity (Wildman–Crippen MR) is 114 cm³/mol. The van der Waals surface area contributed by atoms with Gasteiger partial charge in [-0.2, -0.15) is 0 Å². The second kappa shape index (κ2) is 12.8. The third kappa shape index (κ3) is 7.80. The van der Waals surface area contributed by atoms with Gasteiger partial charge in [-0.05, 0) is 24.5 Å². The van der Waals surface area contributed by atoms with E-state index in [4.69, 9.17) is 4.74 Å². The average Bonchev–Trinajstić information content (AvgIpc) is 3.06. The molecule has 0 aliphatic carbocycles. The lowest BCUT2D eigenvalue weighted by Gasteiger charge is -2.15. The number of fused-ring (bicyclic) bond motifs is 1. The first-order valence-corrected chi connectivity index (χ1v) is 8.99. The molecule has 0 saturated heterocycles. The standard InChI is InChI=1S/C19H29N3O3.HI/c1-20-19(21-12-8-4-3-5-11-18(23)24-2)22-14-16-13-15-9-6-7-10-17(15)25-16;/h6-7,9-10,16H,3-5,8,11-14H2,1-2H3,(H2,20,21,22);1H. The third-order valence-corrected chi connectivity index (χ3v) is 4.26. The summed E-state index contributed by atoms with van der Waals surface area (Å²) in [6.45, 7) is 1.59. The molecule has 0 radical (unpaired) electrons. The number of carbonyl (C=O) groups is 1. The van der Waals surface area contributed by atoms with Crippen molar-refractivity contribution in [3.05, 3.63) is 29.8 Å². The van der Waals surface area contributed by atoms with E-state index in [-0.39, 0.29) is 36.0 Å². The van der Waals surface area contributed by atoms with Crippen LogP contribution in [0.4, 0.5) is 0 Å². The number of methoxy groups -OCH3 is 1. The fourth-order valence-electron chi connectivity index (χ4n) is 2.86. The van der Waals surface area contributed by atoms with E-state index in [0.717, 1.165) is 56.9 Å². The summed E-state index contributed by atoms with van der Waals surface area (Å²) in [6.07, 6.45) is 5.65. The molecule has 0 saturated carbocycles. The van der Waals surface area contributed by atoms with Crippen molar-refractivity contribution in [2.75, 3.05) is 27.2 Å². The van der Waals surface area contributed by atoms with Crippen LogP contribution in [0.25, 0.3) is 0 Å². The van der Waals surface area contributed by atoms with Gasteiger partial charge in [0.2, 0.25) is 0 Å². The van der Waals surface area contributed by atoms with Crippen molar-refractivity contribution in [2.24, 2.45) is 4.99 Å². The fraction of sp³-hybridized carbons (Fsp3) is 0.579. The van der Waals surface area contributed by atoms with Crippen molar-refractivity contribution in [3.8, 4) is 5.75 Å². The summed E-state index contributed by atoms with van der Waals surface area (Å²) < 4.78 is 10.5. The van der Waals surface area contributed by atoms with Crippen LogP contribution >= 0.6 is 24.0 Å². The molecule has 2 N–H and O–H groups in total. The van der Waals surface area contributed by atoms with Crippen LogP contribution in [0.15, 0.2) is 29.3 Å². The molecule has 1 aliphatic heterocycles. The molecule has 26 heavy (non-hydrogen) atoms. The highest BCUT2D eigenvalue weighted by Crippen LogP contribution is 2.27. The van der Waals surface area contributed by atoms with Crippen LogP contribution in [0.1, 0.15) is 37.7 Å². The van der Waals surface area contributed by atoms with Crippen LogP contribution in [0, 0.1) is 0 Å². The molecule has 6 nitrogen and oxygen atoms in total. The number of carbonyl (C=O) groups excluding carboxylic acids is 1. The van der Waals surface area contributed by atoms with E-state index in [9.17, 15) is 4.79 Å². The number of halogens is 1. The van der Waals surface area contributed by atoms with Crippen LogP contribution in [-0.4, -0.2) is 45.3 Å². The summed E-state index contributed by atoms with van der Waals surface area (Å²) in [7, 11) is 3.20. The number of ether oxygens (including phenoxy) is 2. The van der Waals surface area contributed by atoms with Gasteiger partial charge in [-0.3, -0.25) is 9.79 Å². The molecule has 1 aliphatic rings. The molecule has 0 fully saturated rings. The average molecular weight is 475 g/mol. The van der Waals surface area contributed by atoms with Gasteiger partial charge in [0.25, 0.3) is 0 Å². The molecule has 1 atom stereocenters. The molecule has 1 aromatic carbocycles. The SMILES string of the molecule is CN=C(NCCCCCCC(=O)OC)NCC1Cc2ccccc2O1.I. The van der Waals surface area contributed by atoms with Crippen molar-refractivity contribution in [1.82, 2.24) is 10.6 Å². The fourth-order valence-corrected chi connectivity index (χ4v) is 2.86. The lowest BCUT2D eigenvalue weighted by molar-refractivity contribution is -0.140. The molecule has 2 rings (SSSR count). The number of aliphatic imine (C=N–C) groups is 1. The molecule has 1 unspecified atom stereocenters. The Morgan fingerprint density at radius 3 is 2.73 bits per heavy atom. The largest absolute Gasteiger partial charge is 0.488 e. The Hall–Kier alpha value is -1.51. The minimum absolute atomic E-state index is 0. The molecule has 1 heterocycles. The highest BCUT2D eigenvalue weighted by atomic mass is 127. The molecule has 0 amide bonds. The van der Waals surface area contributed by atoms with Crippen molar-refractivity contribution in [2.45, 2.75) is 44.6 Å². The number of nitrogens with one attached hydrogen (secondary N) is 2. The Kier molecular flexibility index (Phi) is 11.1. The predicted octanol–water partition coefficient (Wildman–Crippen LogP) is 2.90. The molecule has 146 valence electrons. The lowest BCUT2D eigenvalue weighted by atomic mass is 10.1. The van der Waals surface area contributed by atoms with Crippen molar-refractivity contribution >= 4 is 35.9 Å². The zero-order valence-electron chi connectivity index (χ0n) is 15.6. The van der Waals surface area contributed by atoms with E-state index < -0.39 is 0 Å². The lowest BCUT2D eigenvalue weighted by Crippen LogP contribution is -2.42. The van der Waals surface area contributed by atoms with Crippen LogP contribution in [-0.2, 0) is 16.0 Å². The number of hydrogen-bond acceptors (Lipinski definition) is 4. The molecular formula is C19H30IN3O3. The van der Waals surface area contributed by atoms with E-state index in [1.165, 1.54) is 12.7 Å². The smallest absolute Gasteiger partial charge is 0.305 e. The maximum atomic E-state index is 11.0. The molecule has 0 bridgehead atoms. The molecule has 7 heteroatoms. The first-order chi connectivity index (χ1) is 12.2. The van der Waals surface area contributed by atoms with E-state index in [1.807, 2.05) is 18.2 Å². The Morgan fingerprint density at radius 2 is 2.00 bits per heavy atom. The van der Waals surface area contributed by atoms with Crippen molar-refractivity contribution < 1.29 is 14.3 Å². The Morgan fingerprint density at radius 1 is 1.23 bits per heavy atom. The number of benzene rings is 1. The highest BCUT2D eigenvalue weighted by molar-refractivity contribution is 14.0. The van der Waals surface area contributed by atoms with Gasteiger partial charge in [-0.1, -0.05) is 31.0 Å². The summed E-state index contributed by atoms with van der Waals surface area (Å²) in [5.74, 6) is 1.66. The summed E-state index contributed by atoms with van der Waals surface area (Å²) in [5.41, 5.74) is 1.27. The summed E-state index contributed by atoms with van der Waals surface area (Å²) in [6, 6.07) is 8.18. The Bertz CT molecular complexity index is 556. The first kappa shape index (κ1) is 22.5. The van der Waals surface area contributed by atoms with E-state index in [0.29, 0.717) is 6.42 Å².